The fraction of sp³-hybridized carbons (Fsp3) is 0.615. The number of rotatable bonds is 21. The summed E-state index contributed by atoms with van der Waals surface area (Å²) in [6.07, 6.45) is 0.475. The molecule has 15 nitrogen and oxygen atoms in total. The van der Waals surface area contributed by atoms with E-state index in [1.165, 1.54) is 13.8 Å². The van der Waals surface area contributed by atoms with Gasteiger partial charge < -0.3 is 46.3 Å². The van der Waals surface area contributed by atoms with Crippen LogP contribution in [-0.2, 0) is 28.7 Å². The molecule has 0 bridgehead atoms. The molecule has 6 amide bonds. The van der Waals surface area contributed by atoms with Crippen LogP contribution in [0.5, 0.6) is 0 Å². The van der Waals surface area contributed by atoms with Crippen molar-refractivity contribution >= 4 is 35.8 Å². The summed E-state index contributed by atoms with van der Waals surface area (Å²) >= 11 is 0. The summed E-state index contributed by atoms with van der Waals surface area (Å²) in [5.41, 5.74) is 0.557. The van der Waals surface area contributed by atoms with Crippen molar-refractivity contribution in [3.8, 4) is 0 Å². The van der Waals surface area contributed by atoms with Crippen LogP contribution in [0, 0.1) is 0 Å². The Morgan fingerprint density at radius 3 is 1.27 bits per heavy atom. The summed E-state index contributed by atoms with van der Waals surface area (Å²) in [6, 6.07) is -0.891. The summed E-state index contributed by atoms with van der Waals surface area (Å²) in [4.78, 5) is 71.9. The minimum atomic E-state index is -0.523. The molecule has 0 spiro atoms. The molecular formula is C26H45N7O8. The number of carbonyl (C=O) groups excluding carboxylic acids is 6. The van der Waals surface area contributed by atoms with Crippen molar-refractivity contribution in [1.29, 1.82) is 0 Å². The second-order valence-corrected chi connectivity index (χ2v) is 8.83. The van der Waals surface area contributed by atoms with Gasteiger partial charge in [0.1, 0.15) is 13.2 Å². The molecule has 0 aliphatic heterocycles. The summed E-state index contributed by atoms with van der Waals surface area (Å²) < 4.78 is 9.72. The molecule has 6 N–H and O–H groups in total. The molecule has 0 fully saturated rings. The van der Waals surface area contributed by atoms with Crippen LogP contribution in [0.15, 0.2) is 24.3 Å². The first kappa shape index (κ1) is 36.9. The third kappa shape index (κ3) is 21.4. The Morgan fingerprint density at radius 2 is 0.927 bits per heavy atom. The van der Waals surface area contributed by atoms with Crippen molar-refractivity contribution in [3.63, 3.8) is 0 Å². The van der Waals surface area contributed by atoms with E-state index in [4.69, 9.17) is 9.47 Å². The van der Waals surface area contributed by atoms with Crippen LogP contribution in [0.3, 0.4) is 0 Å². The van der Waals surface area contributed by atoms with Gasteiger partial charge in [0.2, 0.25) is 11.8 Å². The van der Waals surface area contributed by atoms with E-state index in [0.29, 0.717) is 19.6 Å². The highest BCUT2D eigenvalue weighted by Crippen LogP contribution is 1.95. The minimum Gasteiger partial charge on any atom is -0.460 e. The van der Waals surface area contributed by atoms with E-state index in [9.17, 15) is 28.8 Å². The Balaban J connectivity index is 3.85. The lowest BCUT2D eigenvalue weighted by Gasteiger charge is -2.19. The molecule has 0 saturated carbocycles. The summed E-state index contributed by atoms with van der Waals surface area (Å²) in [6.45, 7) is 14.8. The normalized spacial score (nSPS) is 10.1. The number of ether oxygens (including phenoxy) is 2. The minimum absolute atomic E-state index is 0.0282. The molecule has 0 atom stereocenters. The monoisotopic (exact) mass is 583 g/mol. The fourth-order valence-electron chi connectivity index (χ4n) is 2.87. The van der Waals surface area contributed by atoms with Crippen LogP contribution in [0.1, 0.15) is 33.6 Å². The Kier molecular flexibility index (Phi) is 20.4. The van der Waals surface area contributed by atoms with Crippen molar-refractivity contribution in [2.45, 2.75) is 33.6 Å². The van der Waals surface area contributed by atoms with Gasteiger partial charge in [-0.15, -0.1) is 0 Å². The number of esters is 2. The number of amides is 6. The van der Waals surface area contributed by atoms with Gasteiger partial charge in [-0.2, -0.15) is 0 Å². The molecular weight excluding hydrogens is 538 g/mol. The lowest BCUT2D eigenvalue weighted by atomic mass is 10.3. The van der Waals surface area contributed by atoms with E-state index in [1.54, 1.807) is 0 Å². The van der Waals surface area contributed by atoms with E-state index in [2.05, 4.69) is 45.1 Å². The van der Waals surface area contributed by atoms with Gasteiger partial charge in [-0.05, 0) is 20.4 Å². The van der Waals surface area contributed by atoms with Crippen LogP contribution >= 0.6 is 0 Å². The number of nitrogens with one attached hydrogen (secondary N) is 6. The quantitative estimate of drug-likeness (QED) is 0.0567. The maximum atomic E-state index is 12.1. The predicted molar refractivity (Wildman–Crippen MR) is 152 cm³/mol. The Hall–Kier alpha value is -4.14. The third-order valence-electron chi connectivity index (χ3n) is 5.16. The van der Waals surface area contributed by atoms with Crippen molar-refractivity contribution in [2.75, 3.05) is 72.1 Å². The highest BCUT2D eigenvalue weighted by molar-refractivity contribution is 5.87. The molecule has 0 unspecified atom stereocenters. The van der Waals surface area contributed by atoms with Gasteiger partial charge in [-0.25, -0.2) is 19.2 Å². The van der Waals surface area contributed by atoms with Crippen LogP contribution in [0.2, 0.25) is 0 Å². The largest absolute Gasteiger partial charge is 0.460 e. The molecule has 0 heterocycles. The summed E-state index contributed by atoms with van der Waals surface area (Å²) in [7, 11) is 0. The van der Waals surface area contributed by atoms with Gasteiger partial charge in [0, 0.05) is 63.3 Å². The average molecular weight is 584 g/mol. The van der Waals surface area contributed by atoms with E-state index in [1.807, 2.05) is 11.8 Å². The number of carbonyl (C=O) groups is 6. The zero-order valence-electron chi connectivity index (χ0n) is 24.3. The van der Waals surface area contributed by atoms with Gasteiger partial charge in [0.25, 0.3) is 0 Å². The van der Waals surface area contributed by atoms with Crippen LogP contribution in [0.25, 0.3) is 0 Å². The van der Waals surface area contributed by atoms with Crippen molar-refractivity contribution < 1.29 is 38.2 Å². The van der Waals surface area contributed by atoms with Gasteiger partial charge in [0.15, 0.2) is 0 Å². The summed E-state index contributed by atoms with van der Waals surface area (Å²) in [5.74, 6) is -1.41. The molecule has 0 aromatic carbocycles. The molecule has 0 aliphatic carbocycles. The van der Waals surface area contributed by atoms with Crippen molar-refractivity contribution in [3.05, 3.63) is 24.3 Å². The lowest BCUT2D eigenvalue weighted by molar-refractivity contribution is -0.139. The predicted octanol–water partition coefficient (Wildman–Crippen LogP) is -0.842. The van der Waals surface area contributed by atoms with E-state index in [-0.39, 0.29) is 88.3 Å². The molecule has 0 saturated heterocycles. The van der Waals surface area contributed by atoms with E-state index >= 15 is 0 Å². The summed E-state index contributed by atoms with van der Waals surface area (Å²) in [5, 5.41) is 15.6. The lowest BCUT2D eigenvalue weighted by Crippen LogP contribution is -2.42. The number of nitrogens with zero attached hydrogens (tertiary/aromatic N) is 1. The fourth-order valence-corrected chi connectivity index (χ4v) is 2.87. The first-order valence-electron chi connectivity index (χ1n) is 13.4. The molecule has 0 radical (unpaired) electrons. The molecule has 41 heavy (non-hydrogen) atoms. The zero-order valence-corrected chi connectivity index (χ0v) is 24.3. The second-order valence-electron chi connectivity index (χ2n) is 8.83. The molecule has 0 aromatic rings. The van der Waals surface area contributed by atoms with Crippen LogP contribution in [0.4, 0.5) is 9.59 Å². The van der Waals surface area contributed by atoms with Gasteiger partial charge in [0.05, 0.1) is 13.1 Å². The Bertz CT molecular complexity index is 840. The van der Waals surface area contributed by atoms with Gasteiger partial charge in [-0.3, -0.25) is 9.59 Å². The zero-order chi connectivity index (χ0) is 31.0. The van der Waals surface area contributed by atoms with Crippen LogP contribution in [-0.4, -0.2) is 113 Å². The Labute approximate surface area is 241 Å². The SMILES string of the molecule is C=C(C)C(=O)OCCNC(=O)NCCNC(=O)CCN(CC)CCC(=O)NCCNC(=O)NCCOC(=O)C(=C)C. The molecule has 0 aliphatic rings. The van der Waals surface area contributed by atoms with E-state index in [0.717, 1.165) is 0 Å². The molecule has 0 rings (SSSR count). The number of hydrogen-bond donors (Lipinski definition) is 6. The maximum absolute atomic E-state index is 12.1. The molecule has 232 valence electrons. The molecule has 0 aromatic heterocycles. The smallest absolute Gasteiger partial charge is 0.333 e. The van der Waals surface area contributed by atoms with Gasteiger partial charge >= 0.3 is 24.0 Å². The highest BCUT2D eigenvalue weighted by atomic mass is 16.5. The standard InChI is InChI=1S/C26H45N7O8/c1-6-33(15-7-21(34)27-9-11-29-25(38)31-13-17-40-23(36)19(2)3)16-8-22(35)28-10-12-30-26(39)32-14-18-41-24(37)20(4)5/h2,4,6-18H2,1,3,5H3,(H,27,34)(H,28,35)(H2,29,31,38)(H2,30,32,39). The number of urea groups is 2. The van der Waals surface area contributed by atoms with Crippen LogP contribution < -0.4 is 31.9 Å². The highest BCUT2D eigenvalue weighted by Gasteiger charge is 2.10. The molecule has 15 heteroatoms. The van der Waals surface area contributed by atoms with Crippen molar-refractivity contribution in [2.24, 2.45) is 0 Å². The third-order valence-corrected chi connectivity index (χ3v) is 5.16. The van der Waals surface area contributed by atoms with E-state index < -0.39 is 24.0 Å². The second kappa shape index (κ2) is 22.7. The maximum Gasteiger partial charge on any atom is 0.333 e. The Morgan fingerprint density at radius 1 is 0.585 bits per heavy atom. The number of hydrogen-bond acceptors (Lipinski definition) is 9. The first-order chi connectivity index (χ1) is 19.5. The average Bonchev–Trinajstić information content (AvgIpc) is 2.93. The first-order valence-corrected chi connectivity index (χ1v) is 13.4. The van der Waals surface area contributed by atoms with Gasteiger partial charge in [-0.1, -0.05) is 20.1 Å². The van der Waals surface area contributed by atoms with Crippen molar-refractivity contribution in [1.82, 2.24) is 36.8 Å². The topological polar surface area (TPSA) is 196 Å².